The van der Waals surface area contributed by atoms with Gasteiger partial charge in [0, 0.05) is 24.6 Å². The third-order valence-corrected chi connectivity index (χ3v) is 5.59. The highest BCUT2D eigenvalue weighted by Gasteiger charge is 2.30. The van der Waals surface area contributed by atoms with E-state index in [0.717, 1.165) is 43.7 Å². The van der Waals surface area contributed by atoms with Crippen LogP contribution < -0.4 is 4.90 Å². The van der Waals surface area contributed by atoms with Gasteiger partial charge in [0.1, 0.15) is 11.6 Å². The molecular weight excluding hydrogens is 329 g/mol. The second-order valence-electron chi connectivity index (χ2n) is 7.37. The van der Waals surface area contributed by atoms with Crippen molar-refractivity contribution in [1.29, 1.82) is 0 Å². The molecule has 0 bridgehead atoms. The van der Waals surface area contributed by atoms with Gasteiger partial charge in [-0.25, -0.2) is 4.39 Å². The number of carbonyl (C=O) groups excluding carboxylic acids is 1. The van der Waals surface area contributed by atoms with Crippen LogP contribution in [0.4, 0.5) is 10.1 Å². The molecule has 2 heterocycles. The number of ketones is 1. The molecule has 0 saturated carbocycles. The van der Waals surface area contributed by atoms with Gasteiger partial charge in [-0.05, 0) is 47.7 Å². The third kappa shape index (κ3) is 3.38. The summed E-state index contributed by atoms with van der Waals surface area (Å²) in [7, 11) is 0. The number of rotatable bonds is 5. The zero-order valence-electron chi connectivity index (χ0n) is 15.1. The zero-order valence-corrected chi connectivity index (χ0v) is 15.1. The molecule has 3 nitrogen and oxygen atoms in total. The normalized spacial score (nSPS) is 18.2. The van der Waals surface area contributed by atoms with Crippen molar-refractivity contribution in [2.75, 3.05) is 24.7 Å². The lowest BCUT2D eigenvalue weighted by Gasteiger charge is -2.42. The van der Waals surface area contributed by atoms with E-state index < -0.39 is 0 Å². The number of carbonyl (C=O) groups is 1. The first-order valence-electron chi connectivity index (χ1n) is 9.36. The molecule has 1 saturated heterocycles. The maximum Gasteiger partial charge on any atom is 0.144 e. The standard InChI is InChI=1S/C22H24FNO2/c1-15(22(25)11-16-4-7-19(23)8-5-16)17-6-9-21-18(12-17)3-2-10-24(21)20-13-26-14-20/h4-9,12,15,20H,2-3,10-11,13-14H2,1H3. The number of nitrogens with zero attached hydrogens (tertiary/aromatic N) is 1. The van der Waals surface area contributed by atoms with Crippen molar-refractivity contribution in [1.82, 2.24) is 0 Å². The summed E-state index contributed by atoms with van der Waals surface area (Å²) in [6.07, 6.45) is 2.54. The maximum absolute atomic E-state index is 13.0. The fourth-order valence-corrected chi connectivity index (χ4v) is 3.84. The average Bonchev–Trinajstić information content (AvgIpc) is 2.61. The lowest BCUT2D eigenvalue weighted by Crippen LogP contribution is -2.51. The van der Waals surface area contributed by atoms with E-state index in [1.54, 1.807) is 12.1 Å². The minimum absolute atomic E-state index is 0.159. The Morgan fingerprint density at radius 2 is 2.00 bits per heavy atom. The van der Waals surface area contributed by atoms with Crippen molar-refractivity contribution in [3.8, 4) is 0 Å². The van der Waals surface area contributed by atoms with Crippen molar-refractivity contribution >= 4 is 11.5 Å². The molecule has 4 heteroatoms. The van der Waals surface area contributed by atoms with E-state index in [9.17, 15) is 9.18 Å². The molecule has 2 aliphatic heterocycles. The van der Waals surface area contributed by atoms with Gasteiger partial charge in [0.2, 0.25) is 0 Å². The van der Waals surface area contributed by atoms with Crippen LogP contribution in [0, 0.1) is 5.82 Å². The van der Waals surface area contributed by atoms with E-state index >= 15 is 0 Å². The van der Waals surface area contributed by atoms with Crippen molar-refractivity contribution < 1.29 is 13.9 Å². The van der Waals surface area contributed by atoms with Crippen LogP contribution in [0.5, 0.6) is 0 Å². The monoisotopic (exact) mass is 353 g/mol. The Hall–Kier alpha value is -2.20. The number of hydrogen-bond acceptors (Lipinski definition) is 3. The summed E-state index contributed by atoms with van der Waals surface area (Å²) in [5, 5.41) is 0. The van der Waals surface area contributed by atoms with Gasteiger partial charge in [-0.1, -0.05) is 31.2 Å². The molecule has 136 valence electrons. The number of aryl methyl sites for hydroxylation is 1. The van der Waals surface area contributed by atoms with Crippen molar-refractivity contribution in [3.05, 3.63) is 65.0 Å². The largest absolute Gasteiger partial charge is 0.377 e. The molecule has 0 aromatic heterocycles. The Morgan fingerprint density at radius 1 is 1.23 bits per heavy atom. The van der Waals surface area contributed by atoms with Crippen LogP contribution in [0.15, 0.2) is 42.5 Å². The first-order chi connectivity index (χ1) is 12.6. The fourth-order valence-electron chi connectivity index (χ4n) is 3.84. The zero-order chi connectivity index (χ0) is 18.1. The minimum atomic E-state index is -0.273. The Kier molecular flexibility index (Phi) is 4.77. The molecule has 2 aliphatic rings. The summed E-state index contributed by atoms with van der Waals surface area (Å²) in [5.74, 6) is -0.269. The molecule has 2 aromatic carbocycles. The first-order valence-corrected chi connectivity index (χ1v) is 9.36. The van der Waals surface area contributed by atoms with E-state index in [1.165, 1.54) is 23.4 Å². The summed E-state index contributed by atoms with van der Waals surface area (Å²) in [6, 6.07) is 13.1. The molecule has 1 unspecified atom stereocenters. The van der Waals surface area contributed by atoms with Gasteiger partial charge in [0.25, 0.3) is 0 Å². The molecule has 0 aliphatic carbocycles. The van der Waals surface area contributed by atoms with Crippen LogP contribution in [0.2, 0.25) is 0 Å². The number of Topliss-reactive ketones (excluding diaryl/α,β-unsaturated/α-hetero) is 1. The molecule has 0 amide bonds. The molecule has 4 rings (SSSR count). The predicted octanol–water partition coefficient (Wildman–Crippen LogP) is 3.89. The van der Waals surface area contributed by atoms with Crippen molar-refractivity contribution in [2.24, 2.45) is 0 Å². The van der Waals surface area contributed by atoms with Crippen LogP contribution in [0.25, 0.3) is 0 Å². The molecule has 0 N–H and O–H groups in total. The smallest absolute Gasteiger partial charge is 0.144 e. The van der Waals surface area contributed by atoms with Crippen LogP contribution in [-0.2, 0) is 22.4 Å². The average molecular weight is 353 g/mol. The summed E-state index contributed by atoms with van der Waals surface area (Å²) in [4.78, 5) is 15.1. The van der Waals surface area contributed by atoms with Crippen molar-refractivity contribution in [3.63, 3.8) is 0 Å². The summed E-state index contributed by atoms with van der Waals surface area (Å²) in [6.45, 7) is 4.68. The highest BCUT2D eigenvalue weighted by atomic mass is 19.1. The number of hydrogen-bond donors (Lipinski definition) is 0. The van der Waals surface area contributed by atoms with E-state index in [2.05, 4.69) is 23.1 Å². The Labute approximate surface area is 153 Å². The second-order valence-corrected chi connectivity index (χ2v) is 7.37. The molecule has 26 heavy (non-hydrogen) atoms. The lowest BCUT2D eigenvalue weighted by atomic mass is 9.89. The Morgan fingerprint density at radius 3 is 2.69 bits per heavy atom. The van der Waals surface area contributed by atoms with Crippen LogP contribution >= 0.6 is 0 Å². The predicted molar refractivity (Wildman–Crippen MR) is 100 cm³/mol. The van der Waals surface area contributed by atoms with Gasteiger partial charge in [0.05, 0.1) is 19.3 Å². The molecule has 1 atom stereocenters. The van der Waals surface area contributed by atoms with Gasteiger partial charge in [-0.15, -0.1) is 0 Å². The molecule has 0 spiro atoms. The quantitative estimate of drug-likeness (QED) is 0.817. The highest BCUT2D eigenvalue weighted by Crippen LogP contribution is 2.33. The highest BCUT2D eigenvalue weighted by molar-refractivity contribution is 5.87. The van der Waals surface area contributed by atoms with Crippen molar-refractivity contribution in [2.45, 2.75) is 38.1 Å². The fraction of sp³-hybridized carbons (Fsp3) is 0.409. The van der Waals surface area contributed by atoms with Crippen LogP contribution in [0.1, 0.15) is 36.0 Å². The van der Waals surface area contributed by atoms with E-state index in [0.29, 0.717) is 12.5 Å². The number of benzene rings is 2. The van der Waals surface area contributed by atoms with Gasteiger partial charge in [-0.3, -0.25) is 4.79 Å². The summed E-state index contributed by atoms with van der Waals surface area (Å²) < 4.78 is 18.4. The summed E-state index contributed by atoms with van der Waals surface area (Å²) >= 11 is 0. The van der Waals surface area contributed by atoms with E-state index in [1.807, 2.05) is 6.92 Å². The van der Waals surface area contributed by atoms with Crippen LogP contribution in [0.3, 0.4) is 0 Å². The minimum Gasteiger partial charge on any atom is -0.377 e. The third-order valence-electron chi connectivity index (χ3n) is 5.59. The maximum atomic E-state index is 13.0. The number of halogens is 1. The van der Waals surface area contributed by atoms with Gasteiger partial charge < -0.3 is 9.64 Å². The number of ether oxygens (including phenoxy) is 1. The number of anilines is 1. The SMILES string of the molecule is CC(C(=O)Cc1ccc(F)cc1)c1ccc2c(c1)CCCN2C1COC1. The topological polar surface area (TPSA) is 29.5 Å². The molecule has 0 radical (unpaired) electrons. The Balaban J connectivity index is 1.50. The van der Waals surface area contributed by atoms with Crippen LogP contribution in [-0.4, -0.2) is 31.6 Å². The number of fused-ring (bicyclic) bond motifs is 1. The van der Waals surface area contributed by atoms with Gasteiger partial charge in [-0.2, -0.15) is 0 Å². The molecular formula is C22H24FNO2. The van der Waals surface area contributed by atoms with Gasteiger partial charge in [0.15, 0.2) is 0 Å². The Bertz CT molecular complexity index is 798. The first kappa shape index (κ1) is 17.2. The van der Waals surface area contributed by atoms with E-state index in [4.69, 9.17) is 4.74 Å². The lowest BCUT2D eigenvalue weighted by molar-refractivity contribution is -0.119. The molecule has 1 fully saturated rings. The molecule has 2 aromatic rings. The van der Waals surface area contributed by atoms with E-state index in [-0.39, 0.29) is 17.5 Å². The van der Waals surface area contributed by atoms with Gasteiger partial charge >= 0.3 is 0 Å². The second kappa shape index (κ2) is 7.20. The summed E-state index contributed by atoms with van der Waals surface area (Å²) in [5.41, 5.74) is 4.56.